The monoisotopic (exact) mass is 536 g/mol. The van der Waals surface area contributed by atoms with Crippen LogP contribution in [0.1, 0.15) is 76.3 Å². The number of likely N-dealkylation sites (tertiary alicyclic amines) is 1. The van der Waals surface area contributed by atoms with Crippen molar-refractivity contribution in [3.05, 3.63) is 71.1 Å². The molecule has 7 nitrogen and oxygen atoms in total. The molecule has 1 aromatic heterocycles. The Bertz CT molecular complexity index is 1180. The summed E-state index contributed by atoms with van der Waals surface area (Å²) in [5, 5.41) is 4.80. The molecule has 8 heteroatoms. The van der Waals surface area contributed by atoms with Gasteiger partial charge in [0.25, 0.3) is 0 Å². The van der Waals surface area contributed by atoms with Crippen LogP contribution >= 0.6 is 11.6 Å². The van der Waals surface area contributed by atoms with E-state index in [0.717, 1.165) is 56.1 Å². The largest absolute Gasteiger partial charge is 0.337 e. The molecule has 2 aromatic carbocycles. The zero-order valence-corrected chi connectivity index (χ0v) is 23.1. The molecule has 0 saturated carbocycles. The van der Waals surface area contributed by atoms with E-state index in [-0.39, 0.29) is 30.3 Å². The van der Waals surface area contributed by atoms with Crippen molar-refractivity contribution in [2.45, 2.75) is 71.4 Å². The number of piperidine rings is 1. The number of amides is 2. The quantitative estimate of drug-likeness (QED) is 0.273. The van der Waals surface area contributed by atoms with Crippen LogP contribution in [0.4, 0.5) is 0 Å². The van der Waals surface area contributed by atoms with E-state index in [1.54, 1.807) is 17.0 Å². The summed E-state index contributed by atoms with van der Waals surface area (Å²) in [6.45, 7) is 5.23. The molecular weight excluding hydrogens is 500 g/mol. The van der Waals surface area contributed by atoms with Gasteiger partial charge in [0.1, 0.15) is 12.6 Å². The molecule has 0 spiro atoms. The van der Waals surface area contributed by atoms with Crippen molar-refractivity contribution in [2.75, 3.05) is 13.1 Å². The summed E-state index contributed by atoms with van der Waals surface area (Å²) in [5.41, 5.74) is 1.81. The van der Waals surface area contributed by atoms with Gasteiger partial charge in [-0.1, -0.05) is 73.8 Å². The first-order valence-electron chi connectivity index (χ1n) is 13.7. The molecular formula is C30H37ClN4O3. The molecule has 1 aliphatic rings. The number of aromatic nitrogens is 2. The third-order valence-corrected chi connectivity index (χ3v) is 7.51. The molecule has 1 aliphatic heterocycles. The van der Waals surface area contributed by atoms with Gasteiger partial charge in [0.2, 0.25) is 23.5 Å². The number of carbonyl (C=O) groups is 2. The zero-order valence-electron chi connectivity index (χ0n) is 22.3. The molecule has 2 atom stereocenters. The molecule has 0 radical (unpaired) electrons. The average molecular weight is 537 g/mol. The van der Waals surface area contributed by atoms with Gasteiger partial charge in [0.05, 0.1) is 0 Å². The lowest BCUT2D eigenvalue weighted by Gasteiger charge is -2.35. The van der Waals surface area contributed by atoms with E-state index in [1.165, 1.54) is 0 Å². The molecule has 3 aromatic rings. The lowest BCUT2D eigenvalue weighted by molar-refractivity contribution is -0.146. The van der Waals surface area contributed by atoms with Crippen molar-refractivity contribution >= 4 is 23.4 Å². The maximum atomic E-state index is 13.8. The lowest BCUT2D eigenvalue weighted by Crippen LogP contribution is -2.47. The van der Waals surface area contributed by atoms with Crippen LogP contribution in [0, 0.1) is 5.92 Å². The average Bonchev–Trinajstić information content (AvgIpc) is 3.44. The van der Waals surface area contributed by atoms with Crippen LogP contribution in [0.25, 0.3) is 11.4 Å². The number of unbranched alkanes of at least 4 members (excludes halogenated alkanes) is 1. The Kier molecular flexibility index (Phi) is 9.93. The second-order valence-electron chi connectivity index (χ2n) is 9.99. The summed E-state index contributed by atoms with van der Waals surface area (Å²) in [5.74, 6) is 0.780. The molecule has 0 aliphatic carbocycles. The number of hydrogen-bond acceptors (Lipinski definition) is 5. The van der Waals surface area contributed by atoms with Crippen molar-refractivity contribution in [2.24, 2.45) is 5.92 Å². The van der Waals surface area contributed by atoms with Gasteiger partial charge in [-0.05, 0) is 61.9 Å². The van der Waals surface area contributed by atoms with Crippen LogP contribution in [-0.2, 0) is 16.1 Å². The second kappa shape index (κ2) is 13.6. The lowest BCUT2D eigenvalue weighted by atomic mass is 9.97. The minimum Gasteiger partial charge on any atom is -0.337 e. The predicted octanol–water partition coefficient (Wildman–Crippen LogP) is 6.69. The fraction of sp³-hybridized carbons (Fsp3) is 0.467. The SMILES string of the molecule is CCCC[C@H](CC)C(=O)N(CC(=O)N1CCCC[C@@H]1c1nc(-c2ccc(Cl)cc2)no1)Cc1ccccc1. The molecule has 4 rings (SSSR count). The number of hydrogen-bond donors (Lipinski definition) is 0. The fourth-order valence-electron chi connectivity index (χ4n) is 5.05. The van der Waals surface area contributed by atoms with Gasteiger partial charge >= 0.3 is 0 Å². The van der Waals surface area contributed by atoms with Crippen molar-refractivity contribution in [3.8, 4) is 11.4 Å². The third kappa shape index (κ3) is 7.01. The van der Waals surface area contributed by atoms with Crippen LogP contribution in [0.5, 0.6) is 0 Å². The van der Waals surface area contributed by atoms with E-state index in [0.29, 0.717) is 29.8 Å². The summed E-state index contributed by atoms with van der Waals surface area (Å²) in [4.78, 5) is 35.6. The number of rotatable bonds is 11. The van der Waals surface area contributed by atoms with Crippen LogP contribution in [-0.4, -0.2) is 44.8 Å². The van der Waals surface area contributed by atoms with Crippen LogP contribution in [0.15, 0.2) is 59.1 Å². The summed E-state index contributed by atoms with van der Waals surface area (Å²) in [7, 11) is 0. The summed E-state index contributed by atoms with van der Waals surface area (Å²) in [6, 6.07) is 16.8. The minimum absolute atomic E-state index is 0.0328. The Labute approximate surface area is 230 Å². The van der Waals surface area contributed by atoms with Crippen LogP contribution in [0.2, 0.25) is 5.02 Å². The Morgan fingerprint density at radius 2 is 1.87 bits per heavy atom. The van der Waals surface area contributed by atoms with Gasteiger partial charge in [0.15, 0.2) is 0 Å². The number of benzene rings is 2. The van der Waals surface area contributed by atoms with Crippen molar-refractivity contribution < 1.29 is 14.1 Å². The normalized spacial score (nSPS) is 16.3. The van der Waals surface area contributed by atoms with E-state index in [1.807, 2.05) is 47.4 Å². The Balaban J connectivity index is 1.53. The highest BCUT2D eigenvalue weighted by Gasteiger charge is 2.34. The first kappa shape index (κ1) is 27.8. The molecule has 1 saturated heterocycles. The van der Waals surface area contributed by atoms with Crippen LogP contribution < -0.4 is 0 Å². The van der Waals surface area contributed by atoms with Gasteiger partial charge in [-0.25, -0.2) is 0 Å². The maximum absolute atomic E-state index is 13.8. The molecule has 2 amide bonds. The van der Waals surface area contributed by atoms with Crippen molar-refractivity contribution in [1.29, 1.82) is 0 Å². The molecule has 38 heavy (non-hydrogen) atoms. The Morgan fingerprint density at radius 1 is 1.11 bits per heavy atom. The van der Waals surface area contributed by atoms with E-state index in [4.69, 9.17) is 16.1 Å². The van der Waals surface area contributed by atoms with Crippen molar-refractivity contribution in [3.63, 3.8) is 0 Å². The number of halogens is 1. The van der Waals surface area contributed by atoms with Crippen LogP contribution in [0.3, 0.4) is 0 Å². The minimum atomic E-state index is -0.305. The molecule has 0 bridgehead atoms. The van der Waals surface area contributed by atoms with Gasteiger partial charge in [-0.3, -0.25) is 9.59 Å². The zero-order chi connectivity index (χ0) is 26.9. The molecule has 0 unspecified atom stereocenters. The number of carbonyl (C=O) groups excluding carboxylic acids is 2. The maximum Gasteiger partial charge on any atom is 0.249 e. The highest BCUT2D eigenvalue weighted by Crippen LogP contribution is 2.32. The van der Waals surface area contributed by atoms with Gasteiger partial charge in [-0.15, -0.1) is 0 Å². The van der Waals surface area contributed by atoms with E-state index >= 15 is 0 Å². The van der Waals surface area contributed by atoms with E-state index in [2.05, 4.69) is 24.0 Å². The first-order chi connectivity index (χ1) is 18.5. The standard InChI is InChI=1S/C30H37ClN4O3/c1-3-5-13-23(4-2)30(37)34(20-22-11-7-6-8-12-22)21-27(36)35-19-10-9-14-26(35)29-32-28(33-38-29)24-15-17-25(31)18-16-24/h6-8,11-12,15-18,23,26H,3-5,9-10,13-14,19-21H2,1-2H3/t23-,26+/m0/s1. The van der Waals surface area contributed by atoms with Gasteiger partial charge < -0.3 is 14.3 Å². The van der Waals surface area contributed by atoms with E-state index in [9.17, 15) is 9.59 Å². The van der Waals surface area contributed by atoms with Crippen molar-refractivity contribution in [1.82, 2.24) is 19.9 Å². The molecule has 0 N–H and O–H groups in total. The Hall–Kier alpha value is -3.19. The summed E-state index contributed by atoms with van der Waals surface area (Å²) in [6.07, 6.45) is 6.26. The third-order valence-electron chi connectivity index (χ3n) is 7.25. The van der Waals surface area contributed by atoms with Gasteiger partial charge in [0, 0.05) is 29.6 Å². The predicted molar refractivity (Wildman–Crippen MR) is 148 cm³/mol. The molecule has 2 heterocycles. The Morgan fingerprint density at radius 3 is 2.58 bits per heavy atom. The summed E-state index contributed by atoms with van der Waals surface area (Å²) >= 11 is 6.01. The molecule has 1 fully saturated rings. The smallest absolute Gasteiger partial charge is 0.249 e. The van der Waals surface area contributed by atoms with Gasteiger partial charge in [-0.2, -0.15) is 4.98 Å². The van der Waals surface area contributed by atoms with E-state index < -0.39 is 0 Å². The second-order valence-corrected chi connectivity index (χ2v) is 10.4. The number of nitrogens with zero attached hydrogens (tertiary/aromatic N) is 4. The highest BCUT2D eigenvalue weighted by atomic mass is 35.5. The topological polar surface area (TPSA) is 79.5 Å². The molecule has 202 valence electrons. The first-order valence-corrected chi connectivity index (χ1v) is 14.1. The highest BCUT2D eigenvalue weighted by molar-refractivity contribution is 6.30. The summed E-state index contributed by atoms with van der Waals surface area (Å²) < 4.78 is 5.65. The fourth-order valence-corrected chi connectivity index (χ4v) is 5.18.